The summed E-state index contributed by atoms with van der Waals surface area (Å²) in [4.78, 5) is 26.8. The monoisotopic (exact) mass is 350 g/mol. The maximum atomic E-state index is 12.8. The Kier molecular flexibility index (Phi) is 3.88. The van der Waals surface area contributed by atoms with E-state index in [1.807, 2.05) is 42.5 Å². The normalized spacial score (nSPS) is 18.8. The molecule has 2 amide bonds. The van der Waals surface area contributed by atoms with E-state index in [0.29, 0.717) is 28.5 Å². The SMILES string of the molecule is CC(=O)C1=C(C)N(c2ccccc2)C(=O)NC1c1ccc2c(c1)OCO2. The number of fused-ring (bicyclic) bond motifs is 1. The van der Waals surface area contributed by atoms with Crippen LogP contribution in [0.25, 0.3) is 0 Å². The summed E-state index contributed by atoms with van der Waals surface area (Å²) in [5.41, 5.74) is 2.66. The minimum atomic E-state index is -0.533. The smallest absolute Gasteiger partial charge is 0.326 e. The number of Topliss-reactive ketones (excluding diaryl/α,β-unsaturated/α-hetero) is 1. The number of benzene rings is 2. The lowest BCUT2D eigenvalue weighted by molar-refractivity contribution is -0.114. The average Bonchev–Trinajstić information content (AvgIpc) is 3.09. The van der Waals surface area contributed by atoms with Gasteiger partial charge < -0.3 is 14.8 Å². The van der Waals surface area contributed by atoms with Gasteiger partial charge in [0.1, 0.15) is 0 Å². The van der Waals surface area contributed by atoms with E-state index >= 15 is 0 Å². The number of amides is 2. The van der Waals surface area contributed by atoms with Crippen LogP contribution in [0, 0.1) is 0 Å². The Morgan fingerprint density at radius 1 is 1.12 bits per heavy atom. The molecule has 2 aromatic carbocycles. The number of carbonyl (C=O) groups excluding carboxylic acids is 2. The minimum Gasteiger partial charge on any atom is -0.454 e. The quantitative estimate of drug-likeness (QED) is 0.919. The fraction of sp³-hybridized carbons (Fsp3) is 0.200. The van der Waals surface area contributed by atoms with E-state index in [9.17, 15) is 9.59 Å². The number of hydrogen-bond acceptors (Lipinski definition) is 4. The number of para-hydroxylation sites is 1. The third kappa shape index (κ3) is 2.60. The second-order valence-corrected chi connectivity index (χ2v) is 6.22. The molecule has 2 aliphatic rings. The Bertz CT molecular complexity index is 921. The number of ether oxygens (including phenoxy) is 2. The van der Waals surface area contributed by atoms with Crippen LogP contribution in [-0.2, 0) is 4.79 Å². The maximum absolute atomic E-state index is 12.8. The van der Waals surface area contributed by atoms with Crippen molar-refractivity contribution < 1.29 is 19.1 Å². The largest absolute Gasteiger partial charge is 0.454 e. The number of urea groups is 1. The molecule has 0 spiro atoms. The molecular formula is C20H18N2O4. The second kappa shape index (κ2) is 6.22. The van der Waals surface area contributed by atoms with E-state index in [1.54, 1.807) is 13.0 Å². The van der Waals surface area contributed by atoms with E-state index in [4.69, 9.17) is 9.47 Å². The molecule has 0 saturated heterocycles. The number of nitrogens with one attached hydrogen (secondary N) is 1. The molecule has 0 saturated carbocycles. The van der Waals surface area contributed by atoms with E-state index in [1.165, 1.54) is 11.8 Å². The van der Waals surface area contributed by atoms with Crippen LogP contribution in [-0.4, -0.2) is 18.6 Å². The van der Waals surface area contributed by atoms with E-state index in [2.05, 4.69) is 5.32 Å². The molecule has 0 bridgehead atoms. The lowest BCUT2D eigenvalue weighted by atomic mass is 9.92. The minimum absolute atomic E-state index is 0.0916. The molecule has 2 aromatic rings. The van der Waals surface area contributed by atoms with Crippen molar-refractivity contribution in [3.05, 3.63) is 65.4 Å². The zero-order chi connectivity index (χ0) is 18.3. The summed E-state index contributed by atoms with van der Waals surface area (Å²) < 4.78 is 10.8. The summed E-state index contributed by atoms with van der Waals surface area (Å²) in [6.07, 6.45) is 0. The fourth-order valence-corrected chi connectivity index (χ4v) is 3.43. The summed E-state index contributed by atoms with van der Waals surface area (Å²) in [7, 11) is 0. The molecule has 1 unspecified atom stereocenters. The standard InChI is InChI=1S/C20H18N2O4/c1-12-18(13(2)23)19(14-8-9-16-17(10-14)26-11-25-16)21-20(24)22(12)15-6-4-3-5-7-15/h3-10,19H,11H2,1-2H3,(H,21,24). The molecule has 4 rings (SSSR count). The van der Waals surface area contributed by atoms with E-state index < -0.39 is 6.04 Å². The second-order valence-electron chi connectivity index (χ2n) is 6.22. The van der Waals surface area contributed by atoms with Gasteiger partial charge in [-0.15, -0.1) is 0 Å². The highest BCUT2D eigenvalue weighted by Crippen LogP contribution is 2.38. The van der Waals surface area contributed by atoms with Crippen molar-refractivity contribution in [2.45, 2.75) is 19.9 Å². The Balaban J connectivity index is 1.80. The molecule has 1 atom stereocenters. The molecule has 6 nitrogen and oxygen atoms in total. The van der Waals surface area contributed by atoms with Crippen molar-refractivity contribution in [2.75, 3.05) is 11.7 Å². The summed E-state index contributed by atoms with van der Waals surface area (Å²) in [5, 5.41) is 2.95. The van der Waals surface area contributed by atoms with Crippen molar-refractivity contribution in [1.82, 2.24) is 5.32 Å². The molecule has 26 heavy (non-hydrogen) atoms. The topological polar surface area (TPSA) is 67.9 Å². The summed E-state index contributed by atoms with van der Waals surface area (Å²) in [5.74, 6) is 1.18. The lowest BCUT2D eigenvalue weighted by Crippen LogP contribution is -2.47. The first kappa shape index (κ1) is 16.2. The summed E-state index contributed by atoms with van der Waals surface area (Å²) >= 11 is 0. The first-order chi connectivity index (χ1) is 12.6. The molecule has 2 aliphatic heterocycles. The van der Waals surface area contributed by atoms with Gasteiger partial charge in [-0.2, -0.15) is 0 Å². The third-order valence-electron chi connectivity index (χ3n) is 4.61. The van der Waals surface area contributed by atoms with Gasteiger partial charge in [0, 0.05) is 11.3 Å². The summed E-state index contributed by atoms with van der Waals surface area (Å²) in [6.45, 7) is 3.48. The predicted octanol–water partition coefficient (Wildman–Crippen LogP) is 3.55. The van der Waals surface area contributed by atoms with Gasteiger partial charge >= 0.3 is 6.03 Å². The van der Waals surface area contributed by atoms with Crippen molar-refractivity contribution >= 4 is 17.5 Å². The van der Waals surface area contributed by atoms with Gasteiger partial charge in [0.2, 0.25) is 6.79 Å². The van der Waals surface area contributed by atoms with Crippen LogP contribution in [0.4, 0.5) is 10.5 Å². The molecule has 0 aliphatic carbocycles. The van der Waals surface area contributed by atoms with Gasteiger partial charge in [0.05, 0.1) is 11.7 Å². The Hall–Kier alpha value is -3.28. The van der Waals surface area contributed by atoms with Crippen LogP contribution in [0.5, 0.6) is 11.5 Å². The number of hydrogen-bond donors (Lipinski definition) is 1. The highest BCUT2D eigenvalue weighted by atomic mass is 16.7. The predicted molar refractivity (Wildman–Crippen MR) is 96.1 cm³/mol. The molecule has 0 fully saturated rings. The molecule has 0 aromatic heterocycles. The molecule has 0 radical (unpaired) electrons. The lowest BCUT2D eigenvalue weighted by Gasteiger charge is -2.35. The number of anilines is 1. The van der Waals surface area contributed by atoms with Crippen LogP contribution >= 0.6 is 0 Å². The number of allylic oxidation sites excluding steroid dienone is 1. The third-order valence-corrected chi connectivity index (χ3v) is 4.61. The van der Waals surface area contributed by atoms with Crippen LogP contribution in [0.1, 0.15) is 25.5 Å². The van der Waals surface area contributed by atoms with Gasteiger partial charge in [-0.05, 0) is 43.7 Å². The van der Waals surface area contributed by atoms with Crippen molar-refractivity contribution in [3.8, 4) is 11.5 Å². The van der Waals surface area contributed by atoms with Gasteiger partial charge in [-0.25, -0.2) is 4.79 Å². The first-order valence-electron chi connectivity index (χ1n) is 8.33. The Morgan fingerprint density at radius 2 is 1.85 bits per heavy atom. The van der Waals surface area contributed by atoms with E-state index in [-0.39, 0.29) is 18.6 Å². The number of nitrogens with zero attached hydrogens (tertiary/aromatic N) is 1. The van der Waals surface area contributed by atoms with Crippen molar-refractivity contribution in [3.63, 3.8) is 0 Å². The summed E-state index contributed by atoms with van der Waals surface area (Å²) in [6, 6.07) is 13.9. The van der Waals surface area contributed by atoms with Crippen LogP contribution in [0.15, 0.2) is 59.8 Å². The van der Waals surface area contributed by atoms with Crippen LogP contribution < -0.4 is 19.7 Å². The average molecular weight is 350 g/mol. The molecule has 6 heteroatoms. The number of carbonyl (C=O) groups is 2. The van der Waals surface area contributed by atoms with Gasteiger partial charge in [0.15, 0.2) is 17.3 Å². The van der Waals surface area contributed by atoms with E-state index in [0.717, 1.165) is 5.56 Å². The zero-order valence-corrected chi connectivity index (χ0v) is 14.5. The maximum Gasteiger partial charge on any atom is 0.326 e. The van der Waals surface area contributed by atoms with Crippen molar-refractivity contribution in [2.24, 2.45) is 0 Å². The zero-order valence-electron chi connectivity index (χ0n) is 14.5. The van der Waals surface area contributed by atoms with Gasteiger partial charge in [0.25, 0.3) is 0 Å². The van der Waals surface area contributed by atoms with Crippen molar-refractivity contribution in [1.29, 1.82) is 0 Å². The van der Waals surface area contributed by atoms with Crippen LogP contribution in [0.2, 0.25) is 0 Å². The number of ketones is 1. The number of rotatable bonds is 3. The van der Waals surface area contributed by atoms with Gasteiger partial charge in [-0.3, -0.25) is 9.69 Å². The highest BCUT2D eigenvalue weighted by molar-refractivity contribution is 6.04. The molecule has 1 N–H and O–H groups in total. The fourth-order valence-electron chi connectivity index (χ4n) is 3.43. The Morgan fingerprint density at radius 3 is 2.58 bits per heavy atom. The molecular weight excluding hydrogens is 332 g/mol. The molecule has 132 valence electrons. The Labute approximate surface area is 151 Å². The highest BCUT2D eigenvalue weighted by Gasteiger charge is 2.35. The van der Waals surface area contributed by atoms with Crippen LogP contribution in [0.3, 0.4) is 0 Å². The molecule has 2 heterocycles. The first-order valence-corrected chi connectivity index (χ1v) is 8.33. The van der Waals surface area contributed by atoms with Gasteiger partial charge in [-0.1, -0.05) is 24.3 Å².